The monoisotopic (exact) mass is 187 g/mol. The van der Waals surface area contributed by atoms with Gasteiger partial charge >= 0.3 is 0 Å². The Labute approximate surface area is 83.2 Å². The first-order valence-corrected chi connectivity index (χ1v) is 4.65. The molecule has 2 nitrogen and oxygen atoms in total. The van der Waals surface area contributed by atoms with E-state index in [0.29, 0.717) is 0 Å². The van der Waals surface area contributed by atoms with Crippen LogP contribution in [-0.2, 0) is 7.05 Å². The summed E-state index contributed by atoms with van der Waals surface area (Å²) in [5.74, 6) is 0. The molecule has 1 aromatic carbocycles. The fraction of sp³-hybridized carbons (Fsp3) is 0.250. The van der Waals surface area contributed by atoms with Crippen LogP contribution in [-0.4, -0.2) is 10.9 Å². The molecule has 2 heteroatoms. The average molecular weight is 187 g/mol. The Bertz CT molecular complexity index is 509. The number of carbonyl (C=O) groups excluding carboxylic acids is 1. The number of carbonyl (C=O) groups is 1. The number of aryl methyl sites for hydroxylation is 3. The van der Waals surface area contributed by atoms with Crippen molar-refractivity contribution < 1.29 is 4.79 Å². The quantitative estimate of drug-likeness (QED) is 0.629. The van der Waals surface area contributed by atoms with Crippen molar-refractivity contribution in [1.82, 2.24) is 4.57 Å². The van der Waals surface area contributed by atoms with Crippen LogP contribution in [0.25, 0.3) is 10.9 Å². The van der Waals surface area contributed by atoms with Gasteiger partial charge in [0.2, 0.25) is 0 Å². The molecule has 0 saturated carbocycles. The van der Waals surface area contributed by atoms with Crippen molar-refractivity contribution in [2.45, 2.75) is 13.8 Å². The Balaban J connectivity index is 2.96. The van der Waals surface area contributed by atoms with E-state index in [1.165, 1.54) is 11.1 Å². The van der Waals surface area contributed by atoms with E-state index in [2.05, 4.69) is 19.1 Å². The third-order valence-corrected chi connectivity index (χ3v) is 2.59. The highest BCUT2D eigenvalue weighted by atomic mass is 16.1. The highest BCUT2D eigenvalue weighted by Gasteiger charge is 2.08. The Morgan fingerprint density at radius 1 is 1.29 bits per heavy atom. The van der Waals surface area contributed by atoms with Crippen LogP contribution in [0.15, 0.2) is 18.3 Å². The van der Waals surface area contributed by atoms with Crippen LogP contribution in [0.5, 0.6) is 0 Å². The van der Waals surface area contributed by atoms with Crippen LogP contribution in [0, 0.1) is 13.8 Å². The number of rotatable bonds is 1. The zero-order valence-electron chi connectivity index (χ0n) is 8.66. The molecule has 0 atom stereocenters. The summed E-state index contributed by atoms with van der Waals surface area (Å²) < 4.78 is 2.00. The normalized spacial score (nSPS) is 10.8. The summed E-state index contributed by atoms with van der Waals surface area (Å²) in [6.07, 6.45) is 2.80. The number of nitrogens with zero attached hydrogens (tertiary/aromatic N) is 1. The van der Waals surface area contributed by atoms with E-state index in [1.54, 1.807) is 0 Å². The second-order valence-electron chi connectivity index (χ2n) is 3.79. The maximum Gasteiger partial charge on any atom is 0.152 e. The first-order valence-electron chi connectivity index (χ1n) is 4.65. The van der Waals surface area contributed by atoms with Gasteiger partial charge in [-0.05, 0) is 31.0 Å². The summed E-state index contributed by atoms with van der Waals surface area (Å²) in [5.41, 5.74) is 4.31. The number of hydrogen-bond donors (Lipinski definition) is 0. The van der Waals surface area contributed by atoms with Crippen molar-refractivity contribution in [3.8, 4) is 0 Å². The third-order valence-electron chi connectivity index (χ3n) is 2.59. The predicted molar refractivity (Wildman–Crippen MR) is 57.8 cm³/mol. The summed E-state index contributed by atoms with van der Waals surface area (Å²) in [6.45, 7) is 4.11. The van der Waals surface area contributed by atoms with Crippen LogP contribution < -0.4 is 0 Å². The lowest BCUT2D eigenvalue weighted by molar-refractivity contribution is 0.112. The van der Waals surface area contributed by atoms with Gasteiger partial charge in [-0.3, -0.25) is 4.79 Å². The van der Waals surface area contributed by atoms with Gasteiger partial charge in [-0.1, -0.05) is 6.07 Å². The molecule has 72 valence electrons. The third kappa shape index (κ3) is 1.15. The Hall–Kier alpha value is -1.57. The lowest BCUT2D eigenvalue weighted by atomic mass is 10.1. The second-order valence-corrected chi connectivity index (χ2v) is 3.79. The molecule has 1 aromatic heterocycles. The maximum absolute atomic E-state index is 10.9. The highest BCUT2D eigenvalue weighted by molar-refractivity contribution is 5.99. The first-order chi connectivity index (χ1) is 6.63. The molecule has 14 heavy (non-hydrogen) atoms. The summed E-state index contributed by atoms with van der Waals surface area (Å²) in [5, 5.41) is 1.08. The van der Waals surface area contributed by atoms with Crippen molar-refractivity contribution in [3.63, 3.8) is 0 Å². The predicted octanol–water partition coefficient (Wildman–Crippen LogP) is 2.61. The van der Waals surface area contributed by atoms with Gasteiger partial charge in [-0.25, -0.2) is 0 Å². The van der Waals surface area contributed by atoms with E-state index in [0.717, 1.165) is 22.8 Å². The number of benzene rings is 1. The summed E-state index contributed by atoms with van der Waals surface area (Å²) in [7, 11) is 1.97. The standard InChI is InChI=1S/C12H13NO/c1-8-4-9(2)12-10(7-14)6-13(3)11(12)5-8/h4-7H,1-3H3. The van der Waals surface area contributed by atoms with Crippen molar-refractivity contribution in [1.29, 1.82) is 0 Å². The Morgan fingerprint density at radius 3 is 2.64 bits per heavy atom. The highest BCUT2D eigenvalue weighted by Crippen LogP contribution is 2.24. The van der Waals surface area contributed by atoms with Gasteiger partial charge in [-0.15, -0.1) is 0 Å². The van der Waals surface area contributed by atoms with Gasteiger partial charge in [0, 0.05) is 29.7 Å². The molecule has 0 saturated heterocycles. The zero-order valence-corrected chi connectivity index (χ0v) is 8.66. The number of hydrogen-bond acceptors (Lipinski definition) is 1. The van der Waals surface area contributed by atoms with E-state index < -0.39 is 0 Å². The topological polar surface area (TPSA) is 22.0 Å². The van der Waals surface area contributed by atoms with Crippen molar-refractivity contribution in [2.24, 2.45) is 7.05 Å². The molecule has 0 aliphatic carbocycles. The molecule has 0 N–H and O–H groups in total. The largest absolute Gasteiger partial charge is 0.350 e. The molecule has 0 aliphatic rings. The minimum Gasteiger partial charge on any atom is -0.350 e. The zero-order chi connectivity index (χ0) is 10.3. The fourth-order valence-corrected chi connectivity index (χ4v) is 2.03. The maximum atomic E-state index is 10.9. The van der Waals surface area contributed by atoms with Gasteiger partial charge < -0.3 is 4.57 Å². The van der Waals surface area contributed by atoms with Gasteiger partial charge in [0.25, 0.3) is 0 Å². The van der Waals surface area contributed by atoms with Crippen LogP contribution in [0.4, 0.5) is 0 Å². The van der Waals surface area contributed by atoms with E-state index in [-0.39, 0.29) is 0 Å². The van der Waals surface area contributed by atoms with Gasteiger partial charge in [-0.2, -0.15) is 0 Å². The molecule has 0 unspecified atom stereocenters. The number of aromatic nitrogens is 1. The number of fused-ring (bicyclic) bond motifs is 1. The first kappa shape index (κ1) is 9.00. The number of aldehydes is 1. The van der Waals surface area contributed by atoms with Crippen LogP contribution >= 0.6 is 0 Å². The molecule has 0 aliphatic heterocycles. The SMILES string of the molecule is Cc1cc(C)c2c(C=O)cn(C)c2c1. The molecular formula is C12H13NO. The molecule has 0 amide bonds. The Morgan fingerprint density at radius 2 is 2.00 bits per heavy atom. The van der Waals surface area contributed by atoms with Crippen LogP contribution in [0.2, 0.25) is 0 Å². The van der Waals surface area contributed by atoms with E-state index in [9.17, 15) is 4.79 Å². The van der Waals surface area contributed by atoms with Crippen LogP contribution in [0.3, 0.4) is 0 Å². The molecule has 2 aromatic rings. The second kappa shape index (κ2) is 2.98. The molecule has 1 heterocycles. The van der Waals surface area contributed by atoms with Crippen molar-refractivity contribution in [3.05, 3.63) is 35.0 Å². The van der Waals surface area contributed by atoms with E-state index in [1.807, 2.05) is 24.7 Å². The molecule has 0 bridgehead atoms. The van der Waals surface area contributed by atoms with Crippen molar-refractivity contribution >= 4 is 17.2 Å². The fourth-order valence-electron chi connectivity index (χ4n) is 2.03. The van der Waals surface area contributed by atoms with Gasteiger partial charge in [0.15, 0.2) is 6.29 Å². The summed E-state index contributed by atoms with van der Waals surface area (Å²) in [6, 6.07) is 4.21. The lowest BCUT2D eigenvalue weighted by Gasteiger charge is -2.01. The summed E-state index contributed by atoms with van der Waals surface area (Å²) >= 11 is 0. The smallest absolute Gasteiger partial charge is 0.152 e. The molecule has 0 radical (unpaired) electrons. The molecule has 0 spiro atoms. The Kier molecular flexibility index (Phi) is 1.92. The minimum absolute atomic E-state index is 0.778. The average Bonchev–Trinajstić information content (AvgIpc) is 2.43. The van der Waals surface area contributed by atoms with Crippen molar-refractivity contribution in [2.75, 3.05) is 0 Å². The van der Waals surface area contributed by atoms with Crippen LogP contribution in [0.1, 0.15) is 21.5 Å². The summed E-state index contributed by atoms with van der Waals surface area (Å²) in [4.78, 5) is 10.9. The van der Waals surface area contributed by atoms with Gasteiger partial charge in [0.05, 0.1) is 0 Å². The lowest BCUT2D eigenvalue weighted by Crippen LogP contribution is -1.86. The molecule has 2 rings (SSSR count). The van der Waals surface area contributed by atoms with E-state index in [4.69, 9.17) is 0 Å². The van der Waals surface area contributed by atoms with E-state index >= 15 is 0 Å². The molecule has 0 fully saturated rings. The minimum atomic E-state index is 0.778. The molecular weight excluding hydrogens is 174 g/mol. The van der Waals surface area contributed by atoms with Gasteiger partial charge in [0.1, 0.15) is 0 Å².